The second-order valence-corrected chi connectivity index (χ2v) is 6.04. The zero-order chi connectivity index (χ0) is 16.4. The summed E-state index contributed by atoms with van der Waals surface area (Å²) >= 11 is 5.87. The summed E-state index contributed by atoms with van der Waals surface area (Å²) in [6, 6.07) is 17.0. The largest absolute Gasteiger partial charge is 0.381 e. The summed E-state index contributed by atoms with van der Waals surface area (Å²) in [5.41, 5.74) is 1.87. The SMILES string of the molecule is CC(CNc1c(-c2ccc(Cl)cc2)c(=O)c1=O)c1ccccc1. The Morgan fingerprint density at radius 3 is 2.26 bits per heavy atom. The highest BCUT2D eigenvalue weighted by Crippen LogP contribution is 2.26. The van der Waals surface area contributed by atoms with Crippen molar-refractivity contribution in [3.63, 3.8) is 0 Å². The van der Waals surface area contributed by atoms with Crippen LogP contribution in [0.2, 0.25) is 5.02 Å². The zero-order valence-corrected chi connectivity index (χ0v) is 13.4. The number of benzene rings is 2. The molecule has 0 fully saturated rings. The molecule has 0 heterocycles. The average Bonchev–Trinajstić information content (AvgIpc) is 2.59. The van der Waals surface area contributed by atoms with Crippen molar-refractivity contribution in [3.8, 4) is 11.1 Å². The van der Waals surface area contributed by atoms with Crippen molar-refractivity contribution in [2.75, 3.05) is 11.9 Å². The van der Waals surface area contributed by atoms with Gasteiger partial charge >= 0.3 is 0 Å². The first-order valence-corrected chi connectivity index (χ1v) is 7.84. The van der Waals surface area contributed by atoms with E-state index >= 15 is 0 Å². The predicted octanol–water partition coefficient (Wildman–Crippen LogP) is 3.82. The number of hydrogen-bond donors (Lipinski definition) is 1. The monoisotopic (exact) mass is 325 g/mol. The Morgan fingerprint density at radius 1 is 0.957 bits per heavy atom. The van der Waals surface area contributed by atoms with E-state index in [4.69, 9.17) is 11.6 Å². The van der Waals surface area contributed by atoms with Crippen LogP contribution in [0.3, 0.4) is 0 Å². The number of nitrogens with one attached hydrogen (secondary N) is 1. The summed E-state index contributed by atoms with van der Waals surface area (Å²) in [4.78, 5) is 23.8. The normalized spacial score (nSPS) is 12.3. The van der Waals surface area contributed by atoms with Gasteiger partial charge in [0.25, 0.3) is 0 Å². The van der Waals surface area contributed by atoms with Gasteiger partial charge in [0.05, 0.1) is 11.3 Å². The van der Waals surface area contributed by atoms with Crippen LogP contribution in [0.5, 0.6) is 0 Å². The summed E-state index contributed by atoms with van der Waals surface area (Å²) in [5, 5.41) is 3.73. The van der Waals surface area contributed by atoms with Crippen LogP contribution in [0.1, 0.15) is 18.4 Å². The molecule has 0 amide bonds. The summed E-state index contributed by atoms with van der Waals surface area (Å²) in [5.74, 6) is 0.235. The highest BCUT2D eigenvalue weighted by atomic mass is 35.5. The molecular weight excluding hydrogens is 310 g/mol. The van der Waals surface area contributed by atoms with Crippen molar-refractivity contribution in [3.05, 3.63) is 85.6 Å². The fraction of sp³-hybridized carbons (Fsp3) is 0.158. The van der Waals surface area contributed by atoms with E-state index in [1.54, 1.807) is 24.3 Å². The topological polar surface area (TPSA) is 46.2 Å². The van der Waals surface area contributed by atoms with Gasteiger partial charge in [0.1, 0.15) is 0 Å². The highest BCUT2D eigenvalue weighted by molar-refractivity contribution is 6.30. The summed E-state index contributed by atoms with van der Waals surface area (Å²) in [6.07, 6.45) is 0. The molecule has 0 spiro atoms. The van der Waals surface area contributed by atoms with Gasteiger partial charge in [0.15, 0.2) is 0 Å². The summed E-state index contributed by atoms with van der Waals surface area (Å²) in [7, 11) is 0. The third-order valence-corrected chi connectivity index (χ3v) is 4.25. The molecule has 1 unspecified atom stereocenters. The van der Waals surface area contributed by atoms with Gasteiger partial charge in [-0.3, -0.25) is 9.59 Å². The highest BCUT2D eigenvalue weighted by Gasteiger charge is 2.22. The Labute approximate surface area is 139 Å². The van der Waals surface area contributed by atoms with E-state index in [0.29, 0.717) is 28.4 Å². The van der Waals surface area contributed by atoms with Crippen molar-refractivity contribution in [1.29, 1.82) is 0 Å². The molecule has 3 aromatic carbocycles. The molecular formula is C19H16ClNO2. The maximum Gasteiger partial charge on any atom is 0.250 e. The molecule has 0 aliphatic heterocycles. The van der Waals surface area contributed by atoms with Gasteiger partial charge in [0.2, 0.25) is 10.9 Å². The van der Waals surface area contributed by atoms with Crippen LogP contribution < -0.4 is 16.2 Å². The Hall–Kier alpha value is -2.39. The molecule has 3 nitrogen and oxygen atoms in total. The molecule has 0 aliphatic rings. The van der Waals surface area contributed by atoms with Crippen molar-refractivity contribution in [2.24, 2.45) is 0 Å². The number of anilines is 1. The molecule has 0 radical (unpaired) electrons. The van der Waals surface area contributed by atoms with Crippen molar-refractivity contribution in [1.82, 2.24) is 0 Å². The standard InChI is InChI=1S/C19H16ClNO2/c1-12(13-5-3-2-4-6-13)11-21-17-16(18(22)19(17)23)14-7-9-15(20)10-8-14/h2-10,12,21H,11H2,1H3. The Bertz CT molecular complexity index is 878. The molecule has 0 saturated heterocycles. The average molecular weight is 326 g/mol. The Morgan fingerprint density at radius 2 is 1.61 bits per heavy atom. The summed E-state index contributed by atoms with van der Waals surface area (Å²) < 4.78 is 0. The minimum absolute atomic E-state index is 0.235. The van der Waals surface area contributed by atoms with Gasteiger partial charge in [-0.05, 0) is 29.2 Å². The third-order valence-electron chi connectivity index (χ3n) is 4.00. The Kier molecular flexibility index (Phi) is 4.30. The van der Waals surface area contributed by atoms with Crippen LogP contribution in [0.15, 0.2) is 64.2 Å². The smallest absolute Gasteiger partial charge is 0.250 e. The first-order valence-electron chi connectivity index (χ1n) is 7.46. The zero-order valence-electron chi connectivity index (χ0n) is 12.7. The van der Waals surface area contributed by atoms with E-state index in [9.17, 15) is 9.59 Å². The lowest BCUT2D eigenvalue weighted by Crippen LogP contribution is -2.36. The molecule has 3 rings (SSSR count). The van der Waals surface area contributed by atoms with E-state index < -0.39 is 10.9 Å². The van der Waals surface area contributed by atoms with Crippen molar-refractivity contribution >= 4 is 17.3 Å². The first-order chi connectivity index (χ1) is 11.1. The molecule has 0 saturated carbocycles. The van der Waals surface area contributed by atoms with Crippen LogP contribution in [-0.2, 0) is 0 Å². The molecule has 1 atom stereocenters. The van der Waals surface area contributed by atoms with Gasteiger partial charge in [-0.2, -0.15) is 0 Å². The first kappa shape index (κ1) is 15.5. The lowest BCUT2D eigenvalue weighted by atomic mass is 9.97. The predicted molar refractivity (Wildman–Crippen MR) is 95.1 cm³/mol. The van der Waals surface area contributed by atoms with Gasteiger partial charge in [-0.25, -0.2) is 0 Å². The Balaban J connectivity index is 1.79. The molecule has 4 heteroatoms. The second kappa shape index (κ2) is 6.39. The van der Waals surface area contributed by atoms with Gasteiger partial charge < -0.3 is 5.32 Å². The molecule has 3 aromatic rings. The lowest BCUT2D eigenvalue weighted by Gasteiger charge is -2.17. The quantitative estimate of drug-likeness (QED) is 0.725. The molecule has 0 aliphatic carbocycles. The second-order valence-electron chi connectivity index (χ2n) is 5.61. The van der Waals surface area contributed by atoms with Crippen LogP contribution >= 0.6 is 11.6 Å². The van der Waals surface area contributed by atoms with E-state index in [-0.39, 0.29) is 5.92 Å². The fourth-order valence-corrected chi connectivity index (χ4v) is 2.73. The van der Waals surface area contributed by atoms with Gasteiger partial charge in [-0.15, -0.1) is 0 Å². The maximum atomic E-state index is 11.9. The van der Waals surface area contributed by atoms with E-state index in [2.05, 4.69) is 24.4 Å². The van der Waals surface area contributed by atoms with Crippen LogP contribution in [0, 0.1) is 0 Å². The van der Waals surface area contributed by atoms with Gasteiger partial charge in [0, 0.05) is 11.6 Å². The molecule has 0 bridgehead atoms. The van der Waals surface area contributed by atoms with Crippen LogP contribution in [-0.4, -0.2) is 6.54 Å². The van der Waals surface area contributed by atoms with E-state index in [1.807, 2.05) is 18.2 Å². The van der Waals surface area contributed by atoms with Crippen LogP contribution in [0.4, 0.5) is 5.69 Å². The van der Waals surface area contributed by atoms with Crippen molar-refractivity contribution in [2.45, 2.75) is 12.8 Å². The minimum atomic E-state index is -0.449. The molecule has 23 heavy (non-hydrogen) atoms. The van der Waals surface area contributed by atoms with Crippen molar-refractivity contribution < 1.29 is 0 Å². The number of rotatable bonds is 5. The molecule has 1 N–H and O–H groups in total. The number of halogens is 1. The summed E-state index contributed by atoms with van der Waals surface area (Å²) in [6.45, 7) is 2.67. The third kappa shape index (κ3) is 3.06. The lowest BCUT2D eigenvalue weighted by molar-refractivity contribution is 0.803. The van der Waals surface area contributed by atoms with E-state index in [1.165, 1.54) is 5.56 Å². The van der Waals surface area contributed by atoms with Crippen LogP contribution in [0.25, 0.3) is 11.1 Å². The maximum absolute atomic E-state index is 11.9. The fourth-order valence-electron chi connectivity index (χ4n) is 2.61. The molecule has 116 valence electrons. The van der Waals surface area contributed by atoms with E-state index in [0.717, 1.165) is 0 Å². The number of hydrogen-bond acceptors (Lipinski definition) is 3. The minimum Gasteiger partial charge on any atom is -0.381 e. The molecule has 0 aromatic heterocycles. The van der Waals surface area contributed by atoms with Gasteiger partial charge in [-0.1, -0.05) is 61.0 Å².